The lowest BCUT2D eigenvalue weighted by atomic mass is 9.87. The Hall–Kier alpha value is -1.35. The van der Waals surface area contributed by atoms with Crippen molar-refractivity contribution in [2.24, 2.45) is 0 Å². The van der Waals surface area contributed by atoms with Crippen LogP contribution in [0, 0.1) is 5.82 Å². The number of hydrogen-bond donors (Lipinski definition) is 1. The quantitative estimate of drug-likeness (QED) is 0.814. The van der Waals surface area contributed by atoms with Gasteiger partial charge < -0.3 is 5.32 Å². The van der Waals surface area contributed by atoms with E-state index in [4.69, 9.17) is 0 Å². The topological polar surface area (TPSA) is 12.0 Å². The summed E-state index contributed by atoms with van der Waals surface area (Å²) in [6.45, 7) is 0. The second kappa shape index (κ2) is 5.33. The summed E-state index contributed by atoms with van der Waals surface area (Å²) in [5.41, 5.74) is 3.56. The predicted octanol–water partition coefficient (Wildman–Crippen LogP) is 5.08. The van der Waals surface area contributed by atoms with Gasteiger partial charge in [0, 0.05) is 4.47 Å². The van der Waals surface area contributed by atoms with E-state index < -0.39 is 0 Å². The van der Waals surface area contributed by atoms with Crippen LogP contribution in [0.2, 0.25) is 0 Å². The van der Waals surface area contributed by atoms with Crippen molar-refractivity contribution in [1.29, 1.82) is 0 Å². The summed E-state index contributed by atoms with van der Waals surface area (Å²) < 4.78 is 14.2. The zero-order valence-corrected chi connectivity index (χ0v) is 12.1. The molecule has 0 saturated heterocycles. The van der Waals surface area contributed by atoms with E-state index in [1.54, 1.807) is 12.1 Å². The number of nitrogens with one attached hydrogen (secondary N) is 1. The molecule has 0 saturated carbocycles. The van der Waals surface area contributed by atoms with Crippen LogP contribution in [-0.4, -0.2) is 0 Å². The Balaban J connectivity index is 1.90. The minimum absolute atomic E-state index is 0.213. The average molecular weight is 320 g/mol. The van der Waals surface area contributed by atoms with Gasteiger partial charge in [0.1, 0.15) is 5.82 Å². The van der Waals surface area contributed by atoms with Gasteiger partial charge in [0.2, 0.25) is 0 Å². The molecule has 19 heavy (non-hydrogen) atoms. The van der Waals surface area contributed by atoms with Crippen molar-refractivity contribution in [3.8, 4) is 0 Å². The van der Waals surface area contributed by atoms with E-state index in [9.17, 15) is 4.39 Å². The van der Waals surface area contributed by atoms with Gasteiger partial charge in [0.25, 0.3) is 0 Å². The maximum Gasteiger partial charge on any atom is 0.125 e. The molecule has 0 radical (unpaired) electrons. The minimum Gasteiger partial charge on any atom is -0.377 e. The second-order valence-corrected chi connectivity index (χ2v) is 5.77. The molecule has 2 aromatic carbocycles. The monoisotopic (exact) mass is 319 g/mol. The molecule has 0 heterocycles. The Kier molecular flexibility index (Phi) is 3.56. The number of aryl methyl sites for hydroxylation is 1. The summed E-state index contributed by atoms with van der Waals surface area (Å²) in [5.74, 6) is -0.213. The third kappa shape index (κ3) is 2.66. The first-order valence-corrected chi connectivity index (χ1v) is 7.33. The van der Waals surface area contributed by atoms with Gasteiger partial charge in [-0.2, -0.15) is 0 Å². The Morgan fingerprint density at radius 3 is 2.89 bits per heavy atom. The molecule has 0 bridgehead atoms. The fraction of sp³-hybridized carbons (Fsp3) is 0.250. The third-order valence-electron chi connectivity index (χ3n) is 3.63. The molecule has 1 aliphatic rings. The van der Waals surface area contributed by atoms with Crippen molar-refractivity contribution in [2.75, 3.05) is 5.32 Å². The molecule has 2 aromatic rings. The molecule has 3 rings (SSSR count). The first kappa shape index (κ1) is 12.7. The molecule has 1 aliphatic carbocycles. The molecule has 98 valence electrons. The summed E-state index contributed by atoms with van der Waals surface area (Å²) in [7, 11) is 0. The van der Waals surface area contributed by atoms with Gasteiger partial charge in [-0.25, -0.2) is 4.39 Å². The van der Waals surface area contributed by atoms with Gasteiger partial charge in [0.15, 0.2) is 0 Å². The molecular weight excluding hydrogens is 305 g/mol. The van der Waals surface area contributed by atoms with Gasteiger partial charge in [0.05, 0.1) is 11.7 Å². The number of rotatable bonds is 2. The van der Waals surface area contributed by atoms with Crippen molar-refractivity contribution in [1.82, 2.24) is 0 Å². The first-order chi connectivity index (χ1) is 9.24. The van der Waals surface area contributed by atoms with Crippen LogP contribution in [-0.2, 0) is 6.42 Å². The number of benzene rings is 2. The maximum absolute atomic E-state index is 13.3. The van der Waals surface area contributed by atoms with Gasteiger partial charge in [-0.1, -0.05) is 24.3 Å². The van der Waals surface area contributed by atoms with E-state index in [0.717, 1.165) is 23.0 Å². The lowest BCUT2D eigenvalue weighted by Gasteiger charge is -2.27. The highest BCUT2D eigenvalue weighted by Crippen LogP contribution is 2.34. The molecule has 0 spiro atoms. The highest BCUT2D eigenvalue weighted by Gasteiger charge is 2.20. The summed E-state index contributed by atoms with van der Waals surface area (Å²) in [6, 6.07) is 13.5. The molecule has 1 nitrogen and oxygen atoms in total. The fourth-order valence-electron chi connectivity index (χ4n) is 2.70. The van der Waals surface area contributed by atoms with Crippen LogP contribution in [0.3, 0.4) is 0 Å². The fourth-order valence-corrected chi connectivity index (χ4v) is 3.06. The van der Waals surface area contributed by atoms with Crippen LogP contribution in [0.25, 0.3) is 0 Å². The van der Waals surface area contributed by atoms with Gasteiger partial charge >= 0.3 is 0 Å². The van der Waals surface area contributed by atoms with E-state index in [1.807, 2.05) is 0 Å². The third-order valence-corrected chi connectivity index (χ3v) is 4.32. The maximum atomic E-state index is 13.3. The molecular formula is C16H15BrFN. The summed E-state index contributed by atoms with van der Waals surface area (Å²) in [4.78, 5) is 0. The molecule has 0 amide bonds. The van der Waals surface area contributed by atoms with Crippen molar-refractivity contribution < 1.29 is 4.39 Å². The van der Waals surface area contributed by atoms with Crippen molar-refractivity contribution in [3.05, 3.63) is 63.9 Å². The van der Waals surface area contributed by atoms with Gasteiger partial charge in [-0.15, -0.1) is 0 Å². The summed E-state index contributed by atoms with van der Waals surface area (Å²) >= 11 is 3.47. The average Bonchev–Trinajstić information content (AvgIpc) is 2.43. The van der Waals surface area contributed by atoms with Gasteiger partial charge in [-0.05, 0) is 64.5 Å². The minimum atomic E-state index is -0.213. The molecule has 1 N–H and O–H groups in total. The lowest BCUT2D eigenvalue weighted by molar-refractivity contribution is 0.597. The Labute approximate surface area is 121 Å². The molecule has 0 aromatic heterocycles. The predicted molar refractivity (Wildman–Crippen MR) is 79.8 cm³/mol. The summed E-state index contributed by atoms with van der Waals surface area (Å²) in [5, 5.41) is 3.46. The zero-order valence-electron chi connectivity index (χ0n) is 10.5. The van der Waals surface area contributed by atoms with Crippen LogP contribution in [0.4, 0.5) is 10.1 Å². The van der Waals surface area contributed by atoms with E-state index in [1.165, 1.54) is 23.6 Å². The van der Waals surface area contributed by atoms with Crippen molar-refractivity contribution in [2.45, 2.75) is 25.3 Å². The molecule has 3 heteroatoms. The number of fused-ring (bicyclic) bond motifs is 1. The highest BCUT2D eigenvalue weighted by atomic mass is 79.9. The lowest BCUT2D eigenvalue weighted by Crippen LogP contribution is -2.17. The number of hydrogen-bond acceptors (Lipinski definition) is 1. The molecule has 0 aliphatic heterocycles. The van der Waals surface area contributed by atoms with E-state index in [2.05, 4.69) is 45.5 Å². The van der Waals surface area contributed by atoms with Crippen LogP contribution in [0.1, 0.15) is 30.0 Å². The van der Waals surface area contributed by atoms with E-state index >= 15 is 0 Å². The molecule has 1 atom stereocenters. The van der Waals surface area contributed by atoms with Crippen molar-refractivity contribution in [3.63, 3.8) is 0 Å². The first-order valence-electron chi connectivity index (χ1n) is 6.53. The van der Waals surface area contributed by atoms with Crippen LogP contribution in [0.5, 0.6) is 0 Å². The van der Waals surface area contributed by atoms with Crippen LogP contribution < -0.4 is 5.32 Å². The smallest absolute Gasteiger partial charge is 0.125 e. The van der Waals surface area contributed by atoms with Crippen molar-refractivity contribution >= 4 is 21.6 Å². The van der Waals surface area contributed by atoms with E-state index in [0.29, 0.717) is 0 Å². The Bertz CT molecular complexity index is 597. The highest BCUT2D eigenvalue weighted by molar-refractivity contribution is 9.10. The summed E-state index contributed by atoms with van der Waals surface area (Å²) in [6.07, 6.45) is 3.39. The Morgan fingerprint density at radius 2 is 2.00 bits per heavy atom. The molecule has 1 unspecified atom stereocenters. The zero-order chi connectivity index (χ0) is 13.2. The second-order valence-electron chi connectivity index (χ2n) is 4.91. The molecule has 0 fully saturated rings. The normalized spacial score (nSPS) is 17.9. The number of anilines is 1. The largest absolute Gasteiger partial charge is 0.377 e. The van der Waals surface area contributed by atoms with Crippen LogP contribution >= 0.6 is 15.9 Å². The standard InChI is InChI=1S/C16H15BrFN/c17-14-9-8-12(18)10-16(14)19-15-7-3-5-11-4-1-2-6-13(11)15/h1-2,4,6,8-10,15,19H,3,5,7H2. The Morgan fingerprint density at radius 1 is 1.16 bits per heavy atom. The SMILES string of the molecule is Fc1ccc(Br)c(NC2CCCc3ccccc32)c1. The number of halogens is 2. The van der Waals surface area contributed by atoms with Gasteiger partial charge in [-0.3, -0.25) is 0 Å². The van der Waals surface area contributed by atoms with Crippen LogP contribution in [0.15, 0.2) is 46.9 Å². The van der Waals surface area contributed by atoms with E-state index in [-0.39, 0.29) is 11.9 Å².